The highest BCUT2D eigenvalue weighted by Gasteiger charge is 2.12. The van der Waals surface area contributed by atoms with E-state index in [2.05, 4.69) is 17.2 Å². The van der Waals surface area contributed by atoms with Crippen LogP contribution in [-0.2, 0) is 0 Å². The monoisotopic (exact) mass is 292 g/mol. The minimum atomic E-state index is 0.737. The molecule has 2 rings (SSSR count). The number of hydrogen-bond acceptors (Lipinski definition) is 5. The Morgan fingerprint density at radius 2 is 1.95 bits per heavy atom. The summed E-state index contributed by atoms with van der Waals surface area (Å²) >= 11 is 1.67. The molecular weight excluding hydrogens is 272 g/mol. The zero-order valence-corrected chi connectivity index (χ0v) is 13.1. The predicted molar refractivity (Wildman–Crippen MR) is 84.2 cm³/mol. The van der Waals surface area contributed by atoms with Gasteiger partial charge in [-0.1, -0.05) is 18.3 Å². The highest BCUT2D eigenvalue weighted by molar-refractivity contribution is 7.19. The van der Waals surface area contributed by atoms with Gasteiger partial charge >= 0.3 is 0 Å². The highest BCUT2D eigenvalue weighted by Crippen LogP contribution is 2.37. The average Bonchev–Trinajstić information content (AvgIpc) is 2.85. The zero-order valence-electron chi connectivity index (χ0n) is 12.3. The van der Waals surface area contributed by atoms with Gasteiger partial charge in [0.2, 0.25) is 0 Å². The van der Waals surface area contributed by atoms with E-state index in [0.29, 0.717) is 0 Å². The molecule has 0 saturated heterocycles. The number of methoxy groups -OCH3 is 2. The summed E-state index contributed by atoms with van der Waals surface area (Å²) in [5.74, 6) is 1.48. The molecule has 1 heterocycles. The second kappa shape index (κ2) is 6.61. The maximum absolute atomic E-state index is 5.35. The number of aromatic nitrogens is 1. The van der Waals surface area contributed by atoms with Crippen LogP contribution >= 0.6 is 11.3 Å². The fourth-order valence-corrected chi connectivity index (χ4v) is 2.94. The molecule has 0 unspecified atom stereocenters. The van der Waals surface area contributed by atoms with Crippen molar-refractivity contribution in [3.05, 3.63) is 23.9 Å². The summed E-state index contributed by atoms with van der Waals surface area (Å²) in [5, 5.41) is 4.29. The summed E-state index contributed by atoms with van der Waals surface area (Å²) in [6.07, 6.45) is 1.09. The van der Waals surface area contributed by atoms with Crippen LogP contribution < -0.4 is 14.8 Å². The normalized spacial score (nSPS) is 10.4. The number of benzene rings is 1. The maximum Gasteiger partial charge on any atom is 0.183 e. The van der Waals surface area contributed by atoms with Crippen molar-refractivity contribution in [3.63, 3.8) is 0 Å². The van der Waals surface area contributed by atoms with E-state index in [1.165, 1.54) is 0 Å². The van der Waals surface area contributed by atoms with Gasteiger partial charge in [-0.2, -0.15) is 0 Å². The summed E-state index contributed by atoms with van der Waals surface area (Å²) in [4.78, 5) is 5.71. The Balaban J connectivity index is 2.33. The lowest BCUT2D eigenvalue weighted by molar-refractivity contribution is 0.355. The number of aryl methyl sites for hydroxylation is 1. The van der Waals surface area contributed by atoms with Crippen LogP contribution in [0.2, 0.25) is 0 Å². The van der Waals surface area contributed by atoms with Crippen LogP contribution in [0.15, 0.2) is 18.2 Å². The largest absolute Gasteiger partial charge is 0.493 e. The molecule has 0 radical (unpaired) electrons. The first-order valence-electron chi connectivity index (χ1n) is 6.63. The number of thiazole rings is 1. The molecule has 1 aromatic heterocycles. The van der Waals surface area contributed by atoms with Crippen LogP contribution in [0.1, 0.15) is 19.0 Å². The lowest BCUT2D eigenvalue weighted by Crippen LogP contribution is -1.98. The molecule has 0 fully saturated rings. The number of anilines is 1. The number of nitrogens with zero attached hydrogens (tertiary/aromatic N) is 1. The van der Waals surface area contributed by atoms with Gasteiger partial charge in [0.05, 0.1) is 24.8 Å². The Labute approximate surface area is 123 Å². The Morgan fingerprint density at radius 1 is 1.20 bits per heavy atom. The average molecular weight is 292 g/mol. The van der Waals surface area contributed by atoms with Gasteiger partial charge in [0.1, 0.15) is 0 Å². The second-order valence-electron chi connectivity index (χ2n) is 4.43. The van der Waals surface area contributed by atoms with E-state index in [-0.39, 0.29) is 0 Å². The Morgan fingerprint density at radius 3 is 2.60 bits per heavy atom. The van der Waals surface area contributed by atoms with Crippen molar-refractivity contribution >= 4 is 16.5 Å². The maximum atomic E-state index is 5.35. The summed E-state index contributed by atoms with van der Waals surface area (Å²) < 4.78 is 10.6. The first kappa shape index (κ1) is 14.7. The molecule has 0 amide bonds. The Bertz CT molecular complexity index is 581. The van der Waals surface area contributed by atoms with Crippen LogP contribution in [0.4, 0.5) is 5.13 Å². The van der Waals surface area contributed by atoms with Crippen LogP contribution in [0, 0.1) is 6.92 Å². The summed E-state index contributed by atoms with van der Waals surface area (Å²) in [6.45, 7) is 5.11. The van der Waals surface area contributed by atoms with Crippen molar-refractivity contribution in [2.24, 2.45) is 0 Å². The molecule has 20 heavy (non-hydrogen) atoms. The number of hydrogen-bond donors (Lipinski definition) is 1. The first-order chi connectivity index (χ1) is 9.69. The SMILES string of the molecule is CCCNc1nc(C)c(-c2ccc(OC)c(OC)c2)s1. The van der Waals surface area contributed by atoms with Crippen molar-refractivity contribution in [2.75, 3.05) is 26.1 Å². The first-order valence-corrected chi connectivity index (χ1v) is 7.45. The van der Waals surface area contributed by atoms with Gasteiger partial charge in [-0.15, -0.1) is 0 Å². The third kappa shape index (κ3) is 3.04. The molecule has 0 aliphatic heterocycles. The minimum Gasteiger partial charge on any atom is -0.493 e. The molecule has 0 aliphatic carbocycles. The van der Waals surface area contributed by atoms with Gasteiger partial charge in [0.25, 0.3) is 0 Å². The molecule has 0 saturated carbocycles. The van der Waals surface area contributed by atoms with Crippen molar-refractivity contribution in [1.29, 1.82) is 0 Å². The number of nitrogens with one attached hydrogen (secondary N) is 1. The van der Waals surface area contributed by atoms with E-state index in [0.717, 1.165) is 45.7 Å². The van der Waals surface area contributed by atoms with E-state index in [1.54, 1.807) is 25.6 Å². The Hall–Kier alpha value is -1.75. The summed E-state index contributed by atoms with van der Waals surface area (Å²) in [5.41, 5.74) is 2.13. The fraction of sp³-hybridized carbons (Fsp3) is 0.400. The second-order valence-corrected chi connectivity index (χ2v) is 5.43. The number of ether oxygens (including phenoxy) is 2. The smallest absolute Gasteiger partial charge is 0.183 e. The van der Waals surface area contributed by atoms with E-state index in [9.17, 15) is 0 Å². The van der Waals surface area contributed by atoms with E-state index in [1.807, 2.05) is 25.1 Å². The van der Waals surface area contributed by atoms with Gasteiger partial charge < -0.3 is 14.8 Å². The van der Waals surface area contributed by atoms with Gasteiger partial charge in [-0.3, -0.25) is 0 Å². The molecule has 1 N–H and O–H groups in total. The van der Waals surface area contributed by atoms with Crippen LogP contribution in [-0.4, -0.2) is 25.7 Å². The molecule has 108 valence electrons. The molecule has 5 heteroatoms. The van der Waals surface area contributed by atoms with Gasteiger partial charge in [0.15, 0.2) is 16.6 Å². The van der Waals surface area contributed by atoms with Gasteiger partial charge in [0, 0.05) is 6.54 Å². The van der Waals surface area contributed by atoms with Crippen molar-refractivity contribution in [3.8, 4) is 21.9 Å². The Kier molecular flexibility index (Phi) is 4.84. The summed E-state index contributed by atoms with van der Waals surface area (Å²) in [6, 6.07) is 5.95. The van der Waals surface area contributed by atoms with Crippen molar-refractivity contribution < 1.29 is 9.47 Å². The van der Waals surface area contributed by atoms with Crippen LogP contribution in [0.5, 0.6) is 11.5 Å². The minimum absolute atomic E-state index is 0.737. The van der Waals surface area contributed by atoms with E-state index in [4.69, 9.17) is 9.47 Å². The fourth-order valence-electron chi connectivity index (χ4n) is 1.95. The number of rotatable bonds is 6. The molecule has 0 aliphatic rings. The molecule has 0 bridgehead atoms. The third-order valence-corrected chi connectivity index (χ3v) is 4.13. The van der Waals surface area contributed by atoms with Crippen LogP contribution in [0.3, 0.4) is 0 Å². The lowest BCUT2D eigenvalue weighted by atomic mass is 10.1. The third-order valence-electron chi connectivity index (χ3n) is 2.97. The lowest BCUT2D eigenvalue weighted by Gasteiger charge is -2.08. The van der Waals surface area contributed by atoms with Crippen molar-refractivity contribution in [2.45, 2.75) is 20.3 Å². The molecular formula is C15H20N2O2S. The molecule has 0 atom stereocenters. The molecule has 4 nitrogen and oxygen atoms in total. The van der Waals surface area contributed by atoms with Crippen LogP contribution in [0.25, 0.3) is 10.4 Å². The topological polar surface area (TPSA) is 43.4 Å². The molecule has 1 aromatic carbocycles. The van der Waals surface area contributed by atoms with Gasteiger partial charge in [-0.25, -0.2) is 4.98 Å². The van der Waals surface area contributed by atoms with E-state index < -0.39 is 0 Å². The van der Waals surface area contributed by atoms with Crippen molar-refractivity contribution in [1.82, 2.24) is 4.98 Å². The zero-order chi connectivity index (χ0) is 14.5. The predicted octanol–water partition coefficient (Wildman–Crippen LogP) is 3.96. The van der Waals surface area contributed by atoms with Gasteiger partial charge in [-0.05, 0) is 37.1 Å². The molecule has 0 spiro atoms. The highest BCUT2D eigenvalue weighted by atomic mass is 32.1. The van der Waals surface area contributed by atoms with E-state index >= 15 is 0 Å². The standard InChI is InChI=1S/C15H20N2O2S/c1-5-8-16-15-17-10(2)14(20-15)11-6-7-12(18-3)13(9-11)19-4/h6-7,9H,5,8H2,1-4H3,(H,16,17). The quantitative estimate of drug-likeness (QED) is 0.875. The molecule has 2 aromatic rings. The summed E-state index contributed by atoms with van der Waals surface area (Å²) in [7, 11) is 3.29.